The second kappa shape index (κ2) is 57.4. The molecular weight excluding hydrogens is 807 g/mol. The number of carbonyl (C=O) groups excluding carboxylic acids is 1. The smallest absolute Gasteiger partial charge is 0.220 e. The Morgan fingerprint density at radius 1 is 0.379 bits per heavy atom. The third kappa shape index (κ3) is 53.1. The van der Waals surface area contributed by atoms with Crippen LogP contribution in [0, 0.1) is 0 Å². The summed E-state index contributed by atoms with van der Waals surface area (Å²) in [4.78, 5) is 12.5. The highest BCUT2D eigenvalue weighted by molar-refractivity contribution is 5.76. The molecule has 1 amide bonds. The fraction of sp³-hybridized carbons (Fsp3) is 0.823. The van der Waals surface area contributed by atoms with E-state index in [4.69, 9.17) is 0 Å². The zero-order valence-electron chi connectivity index (χ0n) is 44.5. The summed E-state index contributed by atoms with van der Waals surface area (Å²) in [7, 11) is 0. The number of aliphatic hydroxyl groups is 2. The van der Waals surface area contributed by atoms with Crippen LogP contribution in [-0.4, -0.2) is 34.9 Å². The molecule has 0 aromatic heterocycles. The molecule has 3 N–H and O–H groups in total. The van der Waals surface area contributed by atoms with Crippen molar-refractivity contribution in [3.63, 3.8) is 0 Å². The average Bonchev–Trinajstić information content (AvgIpc) is 3.32. The molecule has 0 aliphatic rings. The van der Waals surface area contributed by atoms with E-state index in [0.29, 0.717) is 6.42 Å². The molecule has 0 aromatic rings. The predicted octanol–water partition coefficient (Wildman–Crippen LogP) is 19.6. The monoisotopic (exact) mass is 922 g/mol. The lowest BCUT2D eigenvalue weighted by Crippen LogP contribution is -2.45. The van der Waals surface area contributed by atoms with Gasteiger partial charge in [0.25, 0.3) is 0 Å². The van der Waals surface area contributed by atoms with E-state index < -0.39 is 12.1 Å². The Morgan fingerprint density at radius 3 is 1.00 bits per heavy atom. The fourth-order valence-electron chi connectivity index (χ4n) is 9.06. The predicted molar refractivity (Wildman–Crippen MR) is 294 cm³/mol. The maximum absolute atomic E-state index is 12.5. The minimum Gasteiger partial charge on any atom is -0.394 e. The number of allylic oxidation sites excluding steroid dienone is 9. The second-order valence-electron chi connectivity index (χ2n) is 20.0. The number of unbranched alkanes of at least 4 members (excludes halogenated alkanes) is 39. The molecule has 386 valence electrons. The van der Waals surface area contributed by atoms with Gasteiger partial charge in [-0.25, -0.2) is 0 Å². The molecule has 0 aromatic carbocycles. The first-order valence-electron chi connectivity index (χ1n) is 29.5. The van der Waals surface area contributed by atoms with E-state index in [-0.39, 0.29) is 12.5 Å². The summed E-state index contributed by atoms with van der Waals surface area (Å²) in [6, 6.07) is -0.621. The van der Waals surface area contributed by atoms with Crippen molar-refractivity contribution in [1.82, 2.24) is 5.32 Å². The van der Waals surface area contributed by atoms with Crippen LogP contribution >= 0.6 is 0 Å². The van der Waals surface area contributed by atoms with Crippen LogP contribution in [0.5, 0.6) is 0 Å². The van der Waals surface area contributed by atoms with Gasteiger partial charge in [-0.15, -0.1) is 0 Å². The topological polar surface area (TPSA) is 69.6 Å². The Kier molecular flexibility index (Phi) is 55.7. The molecule has 0 spiro atoms. The Morgan fingerprint density at radius 2 is 0.667 bits per heavy atom. The molecule has 2 unspecified atom stereocenters. The summed E-state index contributed by atoms with van der Waals surface area (Å²) < 4.78 is 0. The molecule has 0 saturated carbocycles. The highest BCUT2D eigenvalue weighted by Gasteiger charge is 2.18. The molecule has 4 heteroatoms. The number of hydrogen-bond donors (Lipinski definition) is 3. The van der Waals surface area contributed by atoms with Crippen LogP contribution in [-0.2, 0) is 4.79 Å². The van der Waals surface area contributed by atoms with Gasteiger partial charge in [0.2, 0.25) is 5.91 Å². The second-order valence-corrected chi connectivity index (χ2v) is 20.0. The number of rotatable bonds is 54. The standard InChI is InChI=1S/C62H115NO3/c1-3-5-7-9-11-13-15-17-19-20-21-22-23-24-25-26-27-28-29-30-31-32-33-34-35-36-37-38-39-40-41-42-44-46-48-50-52-54-56-58-62(66)63-60(59-64)61(65)57-55-53-51-49-47-45-43-18-16-14-12-10-8-6-4-2/h5,7,11,13,17,19,21-22,55,57,60-61,64-65H,3-4,6,8-10,12,14-16,18,20,23-54,56,58-59H2,1-2H3,(H,63,66)/b7-5-,13-11-,19-17-,22-21-,57-55+. The third-order valence-electron chi connectivity index (χ3n) is 13.5. The van der Waals surface area contributed by atoms with Crippen LogP contribution in [0.4, 0.5) is 0 Å². The maximum atomic E-state index is 12.5. The van der Waals surface area contributed by atoms with E-state index in [1.54, 1.807) is 6.08 Å². The van der Waals surface area contributed by atoms with Crippen LogP contribution in [0.2, 0.25) is 0 Å². The van der Waals surface area contributed by atoms with Crippen molar-refractivity contribution < 1.29 is 15.0 Å². The lowest BCUT2D eigenvalue weighted by Gasteiger charge is -2.20. The largest absolute Gasteiger partial charge is 0.394 e. The third-order valence-corrected chi connectivity index (χ3v) is 13.5. The van der Waals surface area contributed by atoms with E-state index in [9.17, 15) is 15.0 Å². The molecule has 0 aliphatic carbocycles. The summed E-state index contributed by atoms with van der Waals surface area (Å²) in [5.41, 5.74) is 0. The van der Waals surface area contributed by atoms with Crippen molar-refractivity contribution >= 4 is 5.91 Å². The first-order valence-corrected chi connectivity index (χ1v) is 29.5. The minimum absolute atomic E-state index is 0.0593. The van der Waals surface area contributed by atoms with Gasteiger partial charge >= 0.3 is 0 Å². The van der Waals surface area contributed by atoms with Gasteiger partial charge in [-0.3, -0.25) is 4.79 Å². The van der Waals surface area contributed by atoms with Crippen molar-refractivity contribution in [2.45, 2.75) is 321 Å². The molecule has 4 nitrogen and oxygen atoms in total. The highest BCUT2D eigenvalue weighted by Crippen LogP contribution is 2.17. The first kappa shape index (κ1) is 64.1. The van der Waals surface area contributed by atoms with Crippen LogP contribution in [0.3, 0.4) is 0 Å². The Hall–Kier alpha value is -1.91. The molecule has 0 rings (SSSR count). The Labute approximate surface area is 413 Å². The molecule has 0 heterocycles. The van der Waals surface area contributed by atoms with E-state index in [0.717, 1.165) is 51.4 Å². The molecule has 0 aliphatic heterocycles. The zero-order chi connectivity index (χ0) is 47.7. The normalized spacial score (nSPS) is 13.2. The van der Waals surface area contributed by atoms with Crippen LogP contribution < -0.4 is 5.32 Å². The summed E-state index contributed by atoms with van der Waals surface area (Å²) in [5.74, 6) is -0.0593. The average molecular weight is 923 g/mol. The Balaban J connectivity index is 3.40. The van der Waals surface area contributed by atoms with Gasteiger partial charge < -0.3 is 15.5 Å². The van der Waals surface area contributed by atoms with Gasteiger partial charge in [0.1, 0.15) is 0 Å². The lowest BCUT2D eigenvalue weighted by molar-refractivity contribution is -0.123. The van der Waals surface area contributed by atoms with Gasteiger partial charge in [-0.1, -0.05) is 306 Å². The molecule has 0 fully saturated rings. The molecule has 0 saturated heterocycles. The van der Waals surface area contributed by atoms with Gasteiger partial charge in [0.05, 0.1) is 18.8 Å². The molecule has 66 heavy (non-hydrogen) atoms. The van der Waals surface area contributed by atoms with Crippen molar-refractivity contribution in [2.75, 3.05) is 6.61 Å². The van der Waals surface area contributed by atoms with Gasteiger partial charge in [0.15, 0.2) is 0 Å². The first-order chi connectivity index (χ1) is 32.7. The summed E-state index contributed by atoms with van der Waals surface area (Å²) >= 11 is 0. The fourth-order valence-corrected chi connectivity index (χ4v) is 9.06. The molecule has 0 radical (unpaired) electrons. The minimum atomic E-state index is -0.838. The van der Waals surface area contributed by atoms with E-state index >= 15 is 0 Å². The number of aliphatic hydroxyl groups excluding tert-OH is 2. The summed E-state index contributed by atoms with van der Waals surface area (Å²) in [6.45, 7) is 4.21. The van der Waals surface area contributed by atoms with Gasteiger partial charge in [-0.05, 0) is 57.8 Å². The van der Waals surface area contributed by atoms with Gasteiger partial charge in [-0.2, -0.15) is 0 Å². The molecular formula is C62H115NO3. The van der Waals surface area contributed by atoms with E-state index in [2.05, 4.69) is 67.8 Å². The summed E-state index contributed by atoms with van der Waals surface area (Å²) in [5, 5.41) is 23.1. The number of carbonyl (C=O) groups is 1. The number of hydrogen-bond acceptors (Lipinski definition) is 3. The quantitative estimate of drug-likeness (QED) is 0.0420. The van der Waals surface area contributed by atoms with Crippen molar-refractivity contribution in [3.05, 3.63) is 60.8 Å². The van der Waals surface area contributed by atoms with E-state index in [1.807, 2.05) is 6.08 Å². The number of nitrogens with one attached hydrogen (secondary N) is 1. The Bertz CT molecular complexity index is 1090. The summed E-state index contributed by atoms with van der Waals surface area (Å²) in [6.07, 6.45) is 81.2. The highest BCUT2D eigenvalue weighted by atomic mass is 16.3. The zero-order valence-corrected chi connectivity index (χ0v) is 44.5. The van der Waals surface area contributed by atoms with Crippen LogP contribution in [0.1, 0.15) is 309 Å². The lowest BCUT2D eigenvalue weighted by atomic mass is 10.0. The van der Waals surface area contributed by atoms with Crippen molar-refractivity contribution in [3.8, 4) is 0 Å². The SMILES string of the molecule is CC/C=C\C/C=C\C/C=C\C/C=C\CCCCCCCCCCCCCCCCCCCCCCCCCCCCC(=O)NC(CO)C(O)/C=C/CCCCCCCCCCCCCCC. The van der Waals surface area contributed by atoms with Crippen LogP contribution in [0.25, 0.3) is 0 Å². The van der Waals surface area contributed by atoms with E-state index in [1.165, 1.54) is 238 Å². The maximum Gasteiger partial charge on any atom is 0.220 e. The van der Waals surface area contributed by atoms with Crippen LogP contribution in [0.15, 0.2) is 60.8 Å². The van der Waals surface area contributed by atoms with Crippen molar-refractivity contribution in [1.29, 1.82) is 0 Å². The van der Waals surface area contributed by atoms with Crippen molar-refractivity contribution in [2.24, 2.45) is 0 Å². The van der Waals surface area contributed by atoms with Gasteiger partial charge in [0, 0.05) is 6.42 Å². The molecule has 0 bridgehead atoms. The molecule has 2 atom stereocenters. The number of amides is 1.